The van der Waals surface area contributed by atoms with Gasteiger partial charge in [-0.3, -0.25) is 19.2 Å². The molecule has 20 heteroatoms. The first-order valence-corrected chi connectivity index (χ1v) is 9.14. The lowest BCUT2D eigenvalue weighted by Gasteiger charge is -2.25. The number of aliphatic hydroxyl groups excluding tert-OH is 1. The summed E-state index contributed by atoms with van der Waals surface area (Å²) in [6.07, 6.45) is -6.24. The van der Waals surface area contributed by atoms with Crippen LogP contribution in [0, 0.1) is 5.92 Å². The highest BCUT2D eigenvalue weighted by Crippen LogP contribution is 2.14. The maximum absolute atomic E-state index is 10.2. The Bertz CT molecular complexity index is 958. The molecule has 0 aliphatic heterocycles. The third-order valence-corrected chi connectivity index (χ3v) is 3.50. The highest BCUT2D eigenvalue weighted by Gasteiger charge is 2.34. The Labute approximate surface area is 208 Å². The van der Waals surface area contributed by atoms with Gasteiger partial charge in [0.1, 0.15) is 5.60 Å². The second-order valence-corrected chi connectivity index (χ2v) is 6.63. The quantitative estimate of drug-likeness (QED) is 0.0922. The van der Waals surface area contributed by atoms with Crippen LogP contribution in [-0.2, 0) is 43.2 Å². The molecular weight excluding hydrogens is 536 g/mol. The average molecular weight is 555 g/mol. The molecule has 2 atom stereocenters. The van der Waals surface area contributed by atoms with E-state index in [1.165, 1.54) is 0 Å². The maximum Gasteiger partial charge on any atom is 0.333 e. The van der Waals surface area contributed by atoms with Crippen molar-refractivity contribution in [3.05, 3.63) is 11.6 Å². The van der Waals surface area contributed by atoms with E-state index in [0.29, 0.717) is 6.08 Å². The minimum absolute atomic E-state index is 0.295. The summed E-state index contributed by atoms with van der Waals surface area (Å²) in [6, 6.07) is 0. The second-order valence-electron chi connectivity index (χ2n) is 6.63. The predicted molar refractivity (Wildman–Crippen MR) is 102 cm³/mol. The minimum Gasteiger partial charge on any atom is -0.550 e. The van der Waals surface area contributed by atoms with E-state index in [0.717, 1.165) is 0 Å². The van der Waals surface area contributed by atoms with E-state index >= 15 is 0 Å². The molecule has 0 spiro atoms. The lowest BCUT2D eigenvalue weighted by Crippen LogP contribution is -2.51. The number of aliphatic carboxylic acids is 9. The Morgan fingerprint density at radius 1 is 0.711 bits per heavy atom. The van der Waals surface area contributed by atoms with E-state index in [2.05, 4.69) is 0 Å². The largest absolute Gasteiger partial charge is 0.550 e. The van der Waals surface area contributed by atoms with Crippen LogP contribution < -0.4 is 15.3 Å². The zero-order chi connectivity index (χ0) is 31.0. The molecule has 0 aromatic carbocycles. The normalized spacial score (nSPS) is 12.1. The molecule has 0 radical (unpaired) electrons. The van der Waals surface area contributed by atoms with Gasteiger partial charge in [-0.1, -0.05) is 0 Å². The van der Waals surface area contributed by atoms with Gasteiger partial charge in [-0.2, -0.15) is 0 Å². The van der Waals surface area contributed by atoms with Crippen molar-refractivity contribution in [2.24, 2.45) is 5.92 Å². The summed E-state index contributed by atoms with van der Waals surface area (Å²) in [7, 11) is 0. The summed E-state index contributed by atoms with van der Waals surface area (Å²) in [5, 5.41) is 97.1. The molecule has 2 unspecified atom stereocenters. The zero-order valence-electron chi connectivity index (χ0n) is 18.5. The summed E-state index contributed by atoms with van der Waals surface area (Å²) in [5.41, 5.74) is -3.62. The Hall–Kier alpha value is -5.11. The molecule has 20 nitrogen and oxygen atoms in total. The van der Waals surface area contributed by atoms with Crippen molar-refractivity contribution in [3.8, 4) is 0 Å². The van der Waals surface area contributed by atoms with Crippen LogP contribution in [0.1, 0.15) is 25.7 Å². The van der Waals surface area contributed by atoms with Crippen molar-refractivity contribution in [1.29, 1.82) is 0 Å². The molecule has 0 heterocycles. The van der Waals surface area contributed by atoms with E-state index in [-0.39, 0.29) is 0 Å². The third kappa shape index (κ3) is 18.2. The number of rotatable bonds is 14. The average Bonchev–Trinajstić information content (AvgIpc) is 2.69. The standard InChI is InChI=1S/2C6H8O7.C6H6O6/c7-3(8)1-6(13,5(11)12)2-4(9)10;7-3(8)1-2(5(10)11)4(9)6(12)13;7-4(8)1-3(6(11)12)2-5(9)10/h13H,1-2H2,(H,7,8)(H,9,10)(H,11,12);2,4,9H,1H2,(H,7,8)(H,10,11)(H,12,13);1H,2H2,(H,7,8)(H,9,10)(H,11,12)/p-3/b;;3-1+. The monoisotopic (exact) mass is 555 g/mol. The highest BCUT2D eigenvalue weighted by atomic mass is 16.4. The van der Waals surface area contributed by atoms with Crippen LogP contribution in [-0.4, -0.2) is 106 Å². The van der Waals surface area contributed by atoms with Crippen LogP contribution in [0.25, 0.3) is 0 Å². The van der Waals surface area contributed by atoms with Gasteiger partial charge in [0.25, 0.3) is 0 Å². The van der Waals surface area contributed by atoms with Gasteiger partial charge in [0.05, 0.1) is 37.6 Å². The highest BCUT2D eigenvalue weighted by molar-refractivity contribution is 5.97. The fraction of sp³-hybridized carbons (Fsp3) is 0.389. The Kier molecular flexibility index (Phi) is 17.1. The summed E-state index contributed by atoms with van der Waals surface area (Å²) >= 11 is 0. The molecule has 0 rings (SSSR count). The number of hydrogen-bond donors (Lipinski definition) is 8. The molecule has 0 aromatic rings. The molecule has 0 aliphatic carbocycles. The first-order chi connectivity index (χ1) is 17.1. The number of carbonyl (C=O) groups excluding carboxylic acids is 3. The van der Waals surface area contributed by atoms with E-state index in [1.54, 1.807) is 0 Å². The van der Waals surface area contributed by atoms with Gasteiger partial charge in [0.2, 0.25) is 0 Å². The Morgan fingerprint density at radius 3 is 1.34 bits per heavy atom. The van der Waals surface area contributed by atoms with Gasteiger partial charge >= 0.3 is 35.8 Å². The molecule has 0 saturated carbocycles. The van der Waals surface area contributed by atoms with Crippen LogP contribution in [0.2, 0.25) is 0 Å². The van der Waals surface area contributed by atoms with E-state index in [1.807, 2.05) is 0 Å². The van der Waals surface area contributed by atoms with Gasteiger partial charge < -0.3 is 70.6 Å². The van der Waals surface area contributed by atoms with E-state index in [9.17, 15) is 58.5 Å². The number of aliphatic hydroxyl groups is 2. The fourth-order valence-corrected chi connectivity index (χ4v) is 1.89. The van der Waals surface area contributed by atoms with Crippen molar-refractivity contribution in [1.82, 2.24) is 0 Å². The van der Waals surface area contributed by atoms with Crippen LogP contribution in [0.15, 0.2) is 11.6 Å². The van der Waals surface area contributed by atoms with E-state index < -0.39 is 103 Å². The van der Waals surface area contributed by atoms with Gasteiger partial charge in [-0.05, 0) is 5.57 Å². The van der Waals surface area contributed by atoms with E-state index in [4.69, 9.17) is 40.9 Å². The molecular formula is C18H19O20-3. The summed E-state index contributed by atoms with van der Waals surface area (Å²) < 4.78 is 0. The molecule has 214 valence electrons. The molecule has 0 aromatic heterocycles. The lowest BCUT2D eigenvalue weighted by molar-refractivity contribution is -0.325. The molecule has 8 N–H and O–H groups in total. The topological polar surface area (TPSA) is 385 Å². The lowest BCUT2D eigenvalue weighted by atomic mass is 9.96. The minimum atomic E-state index is -2.85. The van der Waals surface area contributed by atoms with Crippen molar-refractivity contribution in [3.63, 3.8) is 0 Å². The van der Waals surface area contributed by atoms with Gasteiger partial charge in [-0.25, -0.2) is 9.59 Å². The smallest absolute Gasteiger partial charge is 0.333 e. The van der Waals surface area contributed by atoms with Gasteiger partial charge in [-0.15, -0.1) is 0 Å². The number of carboxylic acid groups (broad SMARTS) is 9. The molecule has 0 amide bonds. The van der Waals surface area contributed by atoms with Crippen molar-refractivity contribution in [2.75, 3.05) is 0 Å². The van der Waals surface area contributed by atoms with Crippen molar-refractivity contribution < 1.29 is 99.3 Å². The third-order valence-electron chi connectivity index (χ3n) is 3.50. The molecule has 38 heavy (non-hydrogen) atoms. The first kappa shape index (κ1) is 37.4. The summed E-state index contributed by atoms with van der Waals surface area (Å²) in [5.74, 6) is -17.2. The van der Waals surface area contributed by atoms with Crippen LogP contribution in [0.5, 0.6) is 0 Å². The maximum atomic E-state index is 10.2. The molecule has 0 fully saturated rings. The van der Waals surface area contributed by atoms with Gasteiger partial charge in [0, 0.05) is 18.0 Å². The first-order valence-electron chi connectivity index (χ1n) is 9.14. The van der Waals surface area contributed by atoms with Crippen LogP contribution in [0.3, 0.4) is 0 Å². The summed E-state index contributed by atoms with van der Waals surface area (Å²) in [4.78, 5) is 90.6. The SMILES string of the molecule is O=C(O)/C=C(\CC(=O)O)C(=O)[O-].O=C(O)CC(C(=O)[O-])C(O)C(=O)O.O=C(O)CC(O)(CC(=O)O)C(=O)[O-]. The number of carbonyl (C=O) groups is 9. The number of carboxylic acids is 9. The predicted octanol–water partition coefficient (Wildman–Crippen LogP) is -7.09. The zero-order valence-corrected chi connectivity index (χ0v) is 18.5. The molecule has 0 saturated heterocycles. The molecule has 0 aliphatic rings. The van der Waals surface area contributed by atoms with Crippen molar-refractivity contribution >= 4 is 53.7 Å². The Balaban J connectivity index is -0.000000484. The fourth-order valence-electron chi connectivity index (χ4n) is 1.89. The Morgan fingerprint density at radius 2 is 1.13 bits per heavy atom. The molecule has 0 bridgehead atoms. The summed E-state index contributed by atoms with van der Waals surface area (Å²) in [6.45, 7) is 0. The van der Waals surface area contributed by atoms with Crippen LogP contribution in [0.4, 0.5) is 0 Å². The number of hydrogen-bond acceptors (Lipinski definition) is 14. The second kappa shape index (κ2) is 17.3. The van der Waals surface area contributed by atoms with Crippen LogP contribution >= 0.6 is 0 Å². The van der Waals surface area contributed by atoms with Gasteiger partial charge in [0.15, 0.2) is 6.10 Å². The van der Waals surface area contributed by atoms with Crippen molar-refractivity contribution in [2.45, 2.75) is 37.4 Å².